The van der Waals surface area contributed by atoms with Gasteiger partial charge in [0.15, 0.2) is 0 Å². The third-order valence-corrected chi connectivity index (χ3v) is 4.50. The zero-order chi connectivity index (χ0) is 13.4. The SMILES string of the molecule is CC1CCN(Cc2ccccc2C2CC2)C1C(=O)O. The van der Waals surface area contributed by atoms with Crippen LogP contribution in [-0.4, -0.2) is 28.6 Å². The maximum absolute atomic E-state index is 11.4. The van der Waals surface area contributed by atoms with Crippen molar-refractivity contribution in [2.24, 2.45) is 5.92 Å². The normalized spacial score (nSPS) is 27.6. The van der Waals surface area contributed by atoms with Crippen molar-refractivity contribution in [3.8, 4) is 0 Å². The van der Waals surface area contributed by atoms with Crippen LogP contribution < -0.4 is 0 Å². The third-order valence-electron chi connectivity index (χ3n) is 4.50. The van der Waals surface area contributed by atoms with Crippen molar-refractivity contribution in [2.75, 3.05) is 6.54 Å². The first-order valence-corrected chi connectivity index (χ1v) is 7.21. The van der Waals surface area contributed by atoms with E-state index in [9.17, 15) is 9.90 Å². The second kappa shape index (κ2) is 4.97. The molecule has 3 nitrogen and oxygen atoms in total. The van der Waals surface area contributed by atoms with Gasteiger partial charge in [-0.15, -0.1) is 0 Å². The molecule has 0 radical (unpaired) electrons. The highest BCUT2D eigenvalue weighted by Crippen LogP contribution is 2.42. The Labute approximate surface area is 114 Å². The first-order valence-electron chi connectivity index (χ1n) is 7.21. The Morgan fingerprint density at radius 2 is 2.05 bits per heavy atom. The molecule has 1 aromatic rings. The molecule has 1 aliphatic heterocycles. The summed E-state index contributed by atoms with van der Waals surface area (Å²) in [6.07, 6.45) is 3.56. The number of likely N-dealkylation sites (tertiary alicyclic amines) is 1. The summed E-state index contributed by atoms with van der Waals surface area (Å²) in [5.41, 5.74) is 2.76. The van der Waals surface area contributed by atoms with E-state index in [1.807, 2.05) is 6.92 Å². The first kappa shape index (κ1) is 12.7. The van der Waals surface area contributed by atoms with Crippen LogP contribution in [0.2, 0.25) is 0 Å². The number of nitrogens with zero attached hydrogens (tertiary/aromatic N) is 1. The molecular weight excluding hydrogens is 238 g/mol. The lowest BCUT2D eigenvalue weighted by atomic mass is 10.0. The molecule has 1 aliphatic carbocycles. The number of hydrogen-bond donors (Lipinski definition) is 1. The monoisotopic (exact) mass is 259 g/mol. The van der Waals surface area contributed by atoms with Crippen molar-refractivity contribution in [1.29, 1.82) is 0 Å². The van der Waals surface area contributed by atoms with Gasteiger partial charge in [-0.1, -0.05) is 31.2 Å². The van der Waals surface area contributed by atoms with Crippen LogP contribution in [0.1, 0.15) is 43.2 Å². The van der Waals surface area contributed by atoms with Gasteiger partial charge < -0.3 is 5.11 Å². The minimum absolute atomic E-state index is 0.255. The van der Waals surface area contributed by atoms with Crippen molar-refractivity contribution in [3.63, 3.8) is 0 Å². The van der Waals surface area contributed by atoms with Crippen LogP contribution in [0.25, 0.3) is 0 Å². The van der Waals surface area contributed by atoms with Crippen molar-refractivity contribution in [3.05, 3.63) is 35.4 Å². The molecule has 1 N–H and O–H groups in total. The quantitative estimate of drug-likeness (QED) is 0.904. The Hall–Kier alpha value is -1.35. The van der Waals surface area contributed by atoms with Crippen LogP contribution in [0.5, 0.6) is 0 Å². The Kier molecular flexibility index (Phi) is 3.31. The van der Waals surface area contributed by atoms with Gasteiger partial charge in [-0.25, -0.2) is 0 Å². The summed E-state index contributed by atoms with van der Waals surface area (Å²) in [7, 11) is 0. The van der Waals surface area contributed by atoms with E-state index in [0.717, 1.165) is 25.4 Å². The Morgan fingerprint density at radius 1 is 1.32 bits per heavy atom. The summed E-state index contributed by atoms with van der Waals surface area (Å²) in [6.45, 7) is 3.73. The highest BCUT2D eigenvalue weighted by Gasteiger charge is 2.37. The third kappa shape index (κ3) is 2.52. The van der Waals surface area contributed by atoms with E-state index in [0.29, 0.717) is 0 Å². The fraction of sp³-hybridized carbons (Fsp3) is 0.562. The maximum Gasteiger partial charge on any atom is 0.321 e. The second-order valence-electron chi connectivity index (χ2n) is 5.99. The largest absolute Gasteiger partial charge is 0.480 e. The summed E-state index contributed by atoms with van der Waals surface area (Å²) in [6, 6.07) is 8.22. The minimum atomic E-state index is -0.672. The van der Waals surface area contributed by atoms with Crippen LogP contribution in [-0.2, 0) is 11.3 Å². The molecule has 102 valence electrons. The minimum Gasteiger partial charge on any atom is -0.480 e. The molecule has 1 aromatic carbocycles. The predicted molar refractivity (Wildman–Crippen MR) is 74.0 cm³/mol. The van der Waals surface area contributed by atoms with E-state index >= 15 is 0 Å². The molecule has 0 aromatic heterocycles. The Balaban J connectivity index is 1.79. The Morgan fingerprint density at radius 3 is 2.74 bits per heavy atom. The fourth-order valence-electron chi connectivity index (χ4n) is 3.29. The van der Waals surface area contributed by atoms with Crippen LogP contribution in [0.4, 0.5) is 0 Å². The highest BCUT2D eigenvalue weighted by molar-refractivity contribution is 5.74. The van der Waals surface area contributed by atoms with E-state index in [-0.39, 0.29) is 12.0 Å². The summed E-state index contributed by atoms with van der Waals surface area (Å²) in [5, 5.41) is 9.38. The zero-order valence-electron chi connectivity index (χ0n) is 11.4. The molecule has 3 rings (SSSR count). The van der Waals surface area contributed by atoms with Gasteiger partial charge in [0, 0.05) is 6.54 Å². The molecule has 1 saturated heterocycles. The van der Waals surface area contributed by atoms with Crippen molar-refractivity contribution >= 4 is 5.97 Å². The summed E-state index contributed by atoms with van der Waals surface area (Å²) in [5.74, 6) is 0.305. The number of aliphatic carboxylic acids is 1. The van der Waals surface area contributed by atoms with Gasteiger partial charge in [-0.3, -0.25) is 9.69 Å². The van der Waals surface area contributed by atoms with Crippen LogP contribution in [0, 0.1) is 5.92 Å². The van der Waals surface area contributed by atoms with Crippen LogP contribution >= 0.6 is 0 Å². The lowest BCUT2D eigenvalue weighted by Gasteiger charge is -2.24. The molecule has 1 saturated carbocycles. The smallest absolute Gasteiger partial charge is 0.321 e. The standard InChI is InChI=1S/C16H21NO2/c1-11-8-9-17(15(11)16(18)19)10-13-4-2-3-5-14(13)12-6-7-12/h2-5,11-12,15H,6-10H2,1H3,(H,18,19). The first-order chi connectivity index (χ1) is 9.16. The molecule has 3 heteroatoms. The molecule has 2 unspecified atom stereocenters. The van der Waals surface area contributed by atoms with E-state index in [1.165, 1.54) is 24.0 Å². The van der Waals surface area contributed by atoms with Crippen LogP contribution in [0.3, 0.4) is 0 Å². The predicted octanol–water partition coefficient (Wildman–Crippen LogP) is 2.86. The lowest BCUT2D eigenvalue weighted by molar-refractivity contribution is -0.143. The zero-order valence-corrected chi connectivity index (χ0v) is 11.4. The molecular formula is C16H21NO2. The number of carboxylic acid groups (broad SMARTS) is 1. The number of carbonyl (C=O) groups is 1. The van der Waals surface area contributed by atoms with Gasteiger partial charge >= 0.3 is 5.97 Å². The van der Waals surface area contributed by atoms with Crippen molar-refractivity contribution in [2.45, 2.75) is 44.7 Å². The topological polar surface area (TPSA) is 40.5 Å². The molecule has 19 heavy (non-hydrogen) atoms. The molecule has 2 fully saturated rings. The summed E-state index contributed by atoms with van der Waals surface area (Å²) < 4.78 is 0. The number of carboxylic acids is 1. The number of benzene rings is 1. The van der Waals surface area contributed by atoms with E-state index in [4.69, 9.17) is 0 Å². The highest BCUT2D eigenvalue weighted by atomic mass is 16.4. The molecule has 0 bridgehead atoms. The molecule has 0 spiro atoms. The summed E-state index contributed by atoms with van der Waals surface area (Å²) >= 11 is 0. The van der Waals surface area contributed by atoms with E-state index < -0.39 is 5.97 Å². The van der Waals surface area contributed by atoms with Gasteiger partial charge in [0.25, 0.3) is 0 Å². The molecule has 0 amide bonds. The molecule has 2 aliphatic rings. The number of rotatable bonds is 4. The maximum atomic E-state index is 11.4. The summed E-state index contributed by atoms with van der Waals surface area (Å²) in [4.78, 5) is 13.5. The van der Waals surface area contributed by atoms with E-state index in [1.54, 1.807) is 0 Å². The van der Waals surface area contributed by atoms with Gasteiger partial charge in [-0.2, -0.15) is 0 Å². The van der Waals surface area contributed by atoms with Crippen LogP contribution in [0.15, 0.2) is 24.3 Å². The molecule has 2 atom stereocenters. The average molecular weight is 259 g/mol. The lowest BCUT2D eigenvalue weighted by Crippen LogP contribution is -2.38. The molecule has 1 heterocycles. The average Bonchev–Trinajstić information content (AvgIpc) is 3.15. The van der Waals surface area contributed by atoms with Crippen molar-refractivity contribution in [1.82, 2.24) is 4.90 Å². The van der Waals surface area contributed by atoms with Gasteiger partial charge in [-0.05, 0) is 48.8 Å². The van der Waals surface area contributed by atoms with E-state index in [2.05, 4.69) is 29.2 Å². The number of hydrogen-bond acceptors (Lipinski definition) is 2. The van der Waals surface area contributed by atoms with Gasteiger partial charge in [0.05, 0.1) is 0 Å². The van der Waals surface area contributed by atoms with Crippen molar-refractivity contribution < 1.29 is 9.90 Å². The Bertz CT molecular complexity index is 481. The van der Waals surface area contributed by atoms with Gasteiger partial charge in [0.1, 0.15) is 6.04 Å². The fourth-order valence-corrected chi connectivity index (χ4v) is 3.29. The van der Waals surface area contributed by atoms with Gasteiger partial charge in [0.2, 0.25) is 0 Å². The second-order valence-corrected chi connectivity index (χ2v) is 5.99.